The summed E-state index contributed by atoms with van der Waals surface area (Å²) in [5, 5.41) is 10.2. The van der Waals surface area contributed by atoms with Crippen LogP contribution in [0.5, 0.6) is 11.5 Å². The van der Waals surface area contributed by atoms with E-state index >= 15 is 0 Å². The fourth-order valence-corrected chi connectivity index (χ4v) is 2.11. The Kier molecular flexibility index (Phi) is 5.02. The third-order valence-corrected chi connectivity index (χ3v) is 3.34. The Morgan fingerprint density at radius 1 is 0.950 bits per heavy atom. The first-order valence-electron chi connectivity index (χ1n) is 6.68. The Hall–Kier alpha value is -2.00. The maximum absolute atomic E-state index is 10.2. The first-order chi connectivity index (χ1) is 9.72. The van der Waals surface area contributed by atoms with E-state index in [2.05, 4.69) is 0 Å². The van der Waals surface area contributed by atoms with E-state index in [9.17, 15) is 5.11 Å². The number of aliphatic hydroxyl groups is 1. The number of hydrogen-bond acceptors (Lipinski definition) is 3. The fourth-order valence-electron chi connectivity index (χ4n) is 2.11. The smallest absolute Gasteiger partial charge is 0.119 e. The van der Waals surface area contributed by atoms with Gasteiger partial charge in [0.1, 0.15) is 11.5 Å². The normalized spacial score (nSPS) is 11.9. The second kappa shape index (κ2) is 6.96. The predicted octanol–water partition coefficient (Wildman–Crippen LogP) is 3.37. The number of methoxy groups -OCH3 is 2. The van der Waals surface area contributed by atoms with Crippen LogP contribution in [0.1, 0.15) is 23.7 Å². The molecule has 0 spiro atoms. The van der Waals surface area contributed by atoms with Gasteiger partial charge >= 0.3 is 0 Å². The molecule has 106 valence electrons. The van der Waals surface area contributed by atoms with Gasteiger partial charge in [0.25, 0.3) is 0 Å². The van der Waals surface area contributed by atoms with Crippen molar-refractivity contribution in [3.63, 3.8) is 0 Å². The molecule has 3 heteroatoms. The molecule has 0 saturated heterocycles. The van der Waals surface area contributed by atoms with Gasteiger partial charge in [-0.1, -0.05) is 24.3 Å². The second-order valence-corrected chi connectivity index (χ2v) is 4.68. The van der Waals surface area contributed by atoms with Crippen molar-refractivity contribution >= 4 is 0 Å². The molecular formula is C17H20O3. The molecule has 20 heavy (non-hydrogen) atoms. The van der Waals surface area contributed by atoms with Crippen molar-refractivity contribution in [3.8, 4) is 11.5 Å². The first-order valence-corrected chi connectivity index (χ1v) is 6.68. The van der Waals surface area contributed by atoms with Crippen molar-refractivity contribution in [2.24, 2.45) is 0 Å². The van der Waals surface area contributed by atoms with Gasteiger partial charge in [-0.3, -0.25) is 0 Å². The Balaban J connectivity index is 1.95. The van der Waals surface area contributed by atoms with Crippen LogP contribution in [0.15, 0.2) is 48.5 Å². The maximum atomic E-state index is 10.2. The van der Waals surface area contributed by atoms with Crippen molar-refractivity contribution in [1.82, 2.24) is 0 Å². The molecule has 0 amide bonds. The standard InChI is InChI=1S/C17H20O3/c1-19-15-9-6-13(7-10-15)8-11-17(18)14-4-3-5-16(12-14)20-2/h3-7,9-10,12,17-18H,8,11H2,1-2H3. The Morgan fingerprint density at radius 3 is 2.30 bits per heavy atom. The highest BCUT2D eigenvalue weighted by Crippen LogP contribution is 2.23. The summed E-state index contributed by atoms with van der Waals surface area (Å²) in [4.78, 5) is 0. The molecule has 1 atom stereocenters. The van der Waals surface area contributed by atoms with Crippen LogP contribution in [-0.4, -0.2) is 19.3 Å². The molecule has 0 aromatic heterocycles. The van der Waals surface area contributed by atoms with Gasteiger partial charge in [0.2, 0.25) is 0 Å². The van der Waals surface area contributed by atoms with Crippen molar-refractivity contribution in [2.45, 2.75) is 18.9 Å². The lowest BCUT2D eigenvalue weighted by molar-refractivity contribution is 0.167. The van der Waals surface area contributed by atoms with Gasteiger partial charge in [-0.15, -0.1) is 0 Å². The maximum Gasteiger partial charge on any atom is 0.119 e. The van der Waals surface area contributed by atoms with Crippen LogP contribution in [0.25, 0.3) is 0 Å². The van der Waals surface area contributed by atoms with Crippen molar-refractivity contribution in [2.75, 3.05) is 14.2 Å². The van der Waals surface area contributed by atoms with Crippen molar-refractivity contribution in [3.05, 3.63) is 59.7 Å². The molecule has 2 rings (SSSR count). The minimum absolute atomic E-state index is 0.479. The minimum atomic E-state index is -0.479. The predicted molar refractivity (Wildman–Crippen MR) is 79.3 cm³/mol. The first kappa shape index (κ1) is 14.4. The van der Waals surface area contributed by atoms with Crippen LogP contribution < -0.4 is 9.47 Å². The Morgan fingerprint density at radius 2 is 1.65 bits per heavy atom. The summed E-state index contributed by atoms with van der Waals surface area (Å²) in [6, 6.07) is 15.5. The molecule has 0 saturated carbocycles. The van der Waals surface area contributed by atoms with Gasteiger partial charge in [0.05, 0.1) is 20.3 Å². The summed E-state index contributed by atoms with van der Waals surface area (Å²) in [5.74, 6) is 1.62. The molecule has 0 aliphatic rings. The summed E-state index contributed by atoms with van der Waals surface area (Å²) in [6.07, 6.45) is 1.02. The summed E-state index contributed by atoms with van der Waals surface area (Å²) in [7, 11) is 3.28. The van der Waals surface area contributed by atoms with E-state index in [1.54, 1.807) is 14.2 Å². The summed E-state index contributed by atoms with van der Waals surface area (Å²) < 4.78 is 10.3. The number of benzene rings is 2. The van der Waals surface area contributed by atoms with Crippen molar-refractivity contribution in [1.29, 1.82) is 0 Å². The molecule has 0 aliphatic carbocycles. The number of aryl methyl sites for hydroxylation is 1. The van der Waals surface area contributed by atoms with Crippen molar-refractivity contribution < 1.29 is 14.6 Å². The molecule has 0 bridgehead atoms. The Bertz CT molecular complexity index is 534. The molecule has 1 unspecified atom stereocenters. The summed E-state index contributed by atoms with van der Waals surface area (Å²) in [6.45, 7) is 0. The highest BCUT2D eigenvalue weighted by atomic mass is 16.5. The number of aliphatic hydroxyl groups excluding tert-OH is 1. The highest BCUT2D eigenvalue weighted by Gasteiger charge is 2.08. The van der Waals surface area contributed by atoms with E-state index in [1.165, 1.54) is 5.56 Å². The van der Waals surface area contributed by atoms with Gasteiger partial charge in [-0.25, -0.2) is 0 Å². The largest absolute Gasteiger partial charge is 0.497 e. The number of hydrogen-bond donors (Lipinski definition) is 1. The third kappa shape index (κ3) is 3.75. The van der Waals surface area contributed by atoms with E-state index in [4.69, 9.17) is 9.47 Å². The van der Waals surface area contributed by atoms with Crippen LogP contribution in [-0.2, 0) is 6.42 Å². The summed E-state index contributed by atoms with van der Waals surface area (Å²) >= 11 is 0. The van der Waals surface area contributed by atoms with Crippen LogP contribution >= 0.6 is 0 Å². The summed E-state index contributed by atoms with van der Waals surface area (Å²) in [5.41, 5.74) is 2.07. The monoisotopic (exact) mass is 272 g/mol. The third-order valence-electron chi connectivity index (χ3n) is 3.34. The number of ether oxygens (including phenoxy) is 2. The lowest BCUT2D eigenvalue weighted by Gasteiger charge is -2.12. The molecule has 1 N–H and O–H groups in total. The molecule has 0 radical (unpaired) electrons. The van der Waals surface area contributed by atoms with Gasteiger partial charge in [-0.05, 0) is 48.2 Å². The van der Waals surface area contributed by atoms with Gasteiger partial charge in [0.15, 0.2) is 0 Å². The molecule has 0 heterocycles. The van der Waals surface area contributed by atoms with E-state index in [0.29, 0.717) is 6.42 Å². The van der Waals surface area contributed by atoms with Crippen LogP contribution in [0.3, 0.4) is 0 Å². The molecule has 2 aromatic carbocycles. The Labute approximate surface area is 119 Å². The van der Waals surface area contributed by atoms with Crippen LogP contribution in [0.4, 0.5) is 0 Å². The zero-order valence-electron chi connectivity index (χ0n) is 11.9. The van der Waals surface area contributed by atoms with E-state index in [-0.39, 0.29) is 0 Å². The average molecular weight is 272 g/mol. The van der Waals surface area contributed by atoms with Gasteiger partial charge in [0, 0.05) is 0 Å². The van der Waals surface area contributed by atoms with E-state index < -0.39 is 6.10 Å². The lowest BCUT2D eigenvalue weighted by Crippen LogP contribution is -2.00. The van der Waals surface area contributed by atoms with Gasteiger partial charge in [-0.2, -0.15) is 0 Å². The zero-order valence-corrected chi connectivity index (χ0v) is 11.9. The highest BCUT2D eigenvalue weighted by molar-refractivity contribution is 5.30. The van der Waals surface area contributed by atoms with Crippen LogP contribution in [0, 0.1) is 0 Å². The second-order valence-electron chi connectivity index (χ2n) is 4.68. The SMILES string of the molecule is COc1ccc(CCC(O)c2cccc(OC)c2)cc1. The quantitative estimate of drug-likeness (QED) is 0.876. The minimum Gasteiger partial charge on any atom is -0.497 e. The molecule has 3 nitrogen and oxygen atoms in total. The molecule has 2 aromatic rings. The van der Waals surface area contributed by atoms with Crippen LogP contribution in [0.2, 0.25) is 0 Å². The molecule has 0 fully saturated rings. The topological polar surface area (TPSA) is 38.7 Å². The van der Waals surface area contributed by atoms with E-state index in [0.717, 1.165) is 23.5 Å². The zero-order chi connectivity index (χ0) is 14.4. The fraction of sp³-hybridized carbons (Fsp3) is 0.294. The average Bonchev–Trinajstić information content (AvgIpc) is 2.53. The van der Waals surface area contributed by atoms with E-state index in [1.807, 2.05) is 48.5 Å². The molecule has 0 aliphatic heterocycles. The van der Waals surface area contributed by atoms with Gasteiger partial charge < -0.3 is 14.6 Å². The lowest BCUT2D eigenvalue weighted by atomic mass is 10.0. The number of rotatable bonds is 6. The molecular weight excluding hydrogens is 252 g/mol.